The highest BCUT2D eigenvalue weighted by atomic mass is 79.9. The summed E-state index contributed by atoms with van der Waals surface area (Å²) in [5, 5.41) is 8.15. The number of hydrogen-bond donors (Lipinski definition) is 1. The monoisotopic (exact) mass is 521 g/mol. The lowest BCUT2D eigenvalue weighted by atomic mass is 9.96. The number of H-pyrrole nitrogens is 1. The zero-order valence-corrected chi connectivity index (χ0v) is 19.6. The van der Waals surface area contributed by atoms with Crippen LogP contribution in [-0.2, 0) is 6.54 Å². The van der Waals surface area contributed by atoms with E-state index in [0.29, 0.717) is 23.0 Å². The maximum Gasteiger partial charge on any atom is 0.273 e. The van der Waals surface area contributed by atoms with Crippen LogP contribution in [-0.4, -0.2) is 27.8 Å². The van der Waals surface area contributed by atoms with E-state index in [2.05, 4.69) is 26.1 Å². The van der Waals surface area contributed by atoms with E-state index in [0.717, 1.165) is 38.2 Å². The largest absolute Gasteiger partial charge is 0.454 e. The van der Waals surface area contributed by atoms with Crippen LogP contribution in [0.2, 0.25) is 5.02 Å². The second-order valence-electron chi connectivity index (χ2n) is 7.95. The zero-order chi connectivity index (χ0) is 22.5. The minimum Gasteiger partial charge on any atom is -0.454 e. The molecule has 0 aliphatic carbocycles. The molecule has 1 N–H and O–H groups in total. The number of carbonyl (C=O) groups is 1. The molecule has 1 atom stereocenters. The fraction of sp³-hybridized carbons (Fsp3) is 0.120. The second-order valence-corrected chi connectivity index (χ2v) is 9.30. The van der Waals surface area contributed by atoms with Gasteiger partial charge in [-0.3, -0.25) is 9.89 Å². The summed E-state index contributed by atoms with van der Waals surface area (Å²) in [7, 11) is 0. The molecule has 0 bridgehead atoms. The van der Waals surface area contributed by atoms with Gasteiger partial charge < -0.3 is 14.4 Å². The van der Waals surface area contributed by atoms with Crippen LogP contribution in [0.25, 0.3) is 11.3 Å². The van der Waals surface area contributed by atoms with E-state index in [1.54, 1.807) is 0 Å². The summed E-state index contributed by atoms with van der Waals surface area (Å²) in [5.41, 5.74) is 4.96. The van der Waals surface area contributed by atoms with Crippen LogP contribution in [0.15, 0.2) is 71.2 Å². The van der Waals surface area contributed by atoms with Crippen molar-refractivity contribution in [2.75, 3.05) is 6.79 Å². The van der Waals surface area contributed by atoms with Crippen LogP contribution in [0, 0.1) is 0 Å². The normalized spacial score (nSPS) is 16.4. The highest BCUT2D eigenvalue weighted by Crippen LogP contribution is 2.44. The third-order valence-electron chi connectivity index (χ3n) is 5.94. The Hall–Kier alpha value is -3.29. The summed E-state index contributed by atoms with van der Waals surface area (Å²) < 4.78 is 11.9. The van der Waals surface area contributed by atoms with Gasteiger partial charge in [0, 0.05) is 27.2 Å². The fourth-order valence-corrected chi connectivity index (χ4v) is 4.99. The maximum atomic E-state index is 13.6. The standard InChI is InChI=1S/C25H17BrClN3O3/c26-17-3-1-2-16(11-17)24-21-22(15-5-7-18(27)8-6-15)28-29-23(21)25(31)30(24)12-14-4-9-19-20(10-14)33-13-32-19/h1-11,24H,12-13H2,(H,28,29). The lowest BCUT2D eigenvalue weighted by Crippen LogP contribution is -2.29. The van der Waals surface area contributed by atoms with Crippen molar-refractivity contribution >= 4 is 33.4 Å². The number of aromatic nitrogens is 2. The van der Waals surface area contributed by atoms with Gasteiger partial charge in [0.15, 0.2) is 11.5 Å². The molecule has 6 rings (SSSR count). The second kappa shape index (κ2) is 7.93. The predicted molar refractivity (Wildman–Crippen MR) is 127 cm³/mol. The quantitative estimate of drug-likeness (QED) is 0.359. The van der Waals surface area contributed by atoms with E-state index >= 15 is 0 Å². The number of halogens is 2. The Kier molecular flexibility index (Phi) is 4.89. The summed E-state index contributed by atoms with van der Waals surface area (Å²) in [6, 6.07) is 21.0. The molecule has 1 amide bonds. The van der Waals surface area contributed by atoms with Crippen LogP contribution < -0.4 is 9.47 Å². The van der Waals surface area contributed by atoms with E-state index in [1.807, 2.05) is 71.6 Å². The number of ether oxygens (including phenoxy) is 2. The average molecular weight is 523 g/mol. The number of nitrogens with zero attached hydrogens (tertiary/aromatic N) is 2. The lowest BCUT2D eigenvalue weighted by Gasteiger charge is -2.27. The SMILES string of the molecule is O=C1c2[nH]nc(-c3ccc(Cl)cc3)c2C(c2cccc(Br)c2)N1Cc1ccc2c(c1)OCO2. The molecule has 3 heterocycles. The summed E-state index contributed by atoms with van der Waals surface area (Å²) in [5.74, 6) is 1.31. The van der Waals surface area contributed by atoms with E-state index in [-0.39, 0.29) is 18.7 Å². The van der Waals surface area contributed by atoms with Gasteiger partial charge in [-0.15, -0.1) is 0 Å². The van der Waals surface area contributed by atoms with Crippen molar-refractivity contribution in [1.29, 1.82) is 0 Å². The molecule has 6 nitrogen and oxygen atoms in total. The van der Waals surface area contributed by atoms with E-state index < -0.39 is 0 Å². The number of hydrogen-bond acceptors (Lipinski definition) is 4. The Balaban J connectivity index is 1.46. The van der Waals surface area contributed by atoms with Gasteiger partial charge in [0.2, 0.25) is 6.79 Å². The first-order valence-electron chi connectivity index (χ1n) is 10.4. The van der Waals surface area contributed by atoms with Crippen LogP contribution in [0.5, 0.6) is 11.5 Å². The Labute approximate surface area is 203 Å². The van der Waals surface area contributed by atoms with Gasteiger partial charge in [0.25, 0.3) is 5.91 Å². The van der Waals surface area contributed by atoms with Crippen molar-refractivity contribution < 1.29 is 14.3 Å². The first-order chi connectivity index (χ1) is 16.1. The number of carbonyl (C=O) groups excluding carboxylic acids is 1. The fourth-order valence-electron chi connectivity index (χ4n) is 4.45. The van der Waals surface area contributed by atoms with E-state index in [4.69, 9.17) is 21.1 Å². The number of benzene rings is 3. The zero-order valence-electron chi connectivity index (χ0n) is 17.2. The molecule has 33 heavy (non-hydrogen) atoms. The molecular formula is C25H17BrClN3O3. The van der Waals surface area contributed by atoms with Crippen molar-refractivity contribution in [3.8, 4) is 22.8 Å². The van der Waals surface area contributed by atoms with Crippen molar-refractivity contribution in [1.82, 2.24) is 15.1 Å². The molecular weight excluding hydrogens is 506 g/mol. The van der Waals surface area contributed by atoms with Crippen LogP contribution in [0.4, 0.5) is 0 Å². The molecule has 0 saturated carbocycles. The van der Waals surface area contributed by atoms with Crippen LogP contribution in [0.3, 0.4) is 0 Å². The Morgan fingerprint density at radius 3 is 2.70 bits per heavy atom. The molecule has 0 fully saturated rings. The van der Waals surface area contributed by atoms with Gasteiger partial charge in [0.1, 0.15) is 5.69 Å². The summed E-state index contributed by atoms with van der Waals surface area (Å²) >= 11 is 9.67. The molecule has 0 radical (unpaired) electrons. The molecule has 0 spiro atoms. The van der Waals surface area contributed by atoms with Gasteiger partial charge in [-0.25, -0.2) is 0 Å². The highest BCUT2D eigenvalue weighted by molar-refractivity contribution is 9.10. The molecule has 2 aliphatic heterocycles. The molecule has 8 heteroatoms. The third-order valence-corrected chi connectivity index (χ3v) is 6.68. The molecule has 4 aromatic rings. The number of amides is 1. The van der Waals surface area contributed by atoms with Crippen LogP contribution >= 0.6 is 27.5 Å². The summed E-state index contributed by atoms with van der Waals surface area (Å²) in [6.07, 6.45) is 0. The van der Waals surface area contributed by atoms with Crippen molar-refractivity contribution in [2.24, 2.45) is 0 Å². The number of fused-ring (bicyclic) bond motifs is 2. The third kappa shape index (κ3) is 3.48. The molecule has 1 aromatic heterocycles. The van der Waals surface area contributed by atoms with Gasteiger partial charge in [-0.05, 0) is 47.5 Å². The number of rotatable bonds is 4. The smallest absolute Gasteiger partial charge is 0.273 e. The topological polar surface area (TPSA) is 67.5 Å². The molecule has 3 aromatic carbocycles. The van der Waals surface area contributed by atoms with E-state index in [9.17, 15) is 4.79 Å². The van der Waals surface area contributed by atoms with Crippen molar-refractivity contribution in [3.05, 3.63) is 98.6 Å². The minimum absolute atomic E-state index is 0.0969. The average Bonchev–Trinajstić information content (AvgIpc) is 3.51. The minimum atomic E-state index is -0.306. The van der Waals surface area contributed by atoms with Gasteiger partial charge in [0.05, 0.1) is 11.7 Å². The summed E-state index contributed by atoms with van der Waals surface area (Å²) in [4.78, 5) is 15.4. The Morgan fingerprint density at radius 2 is 1.88 bits per heavy atom. The van der Waals surface area contributed by atoms with Crippen molar-refractivity contribution in [2.45, 2.75) is 12.6 Å². The molecule has 1 unspecified atom stereocenters. The Bertz CT molecular complexity index is 1390. The van der Waals surface area contributed by atoms with Gasteiger partial charge in [-0.1, -0.05) is 57.9 Å². The predicted octanol–water partition coefficient (Wildman–Crippen LogP) is 5.97. The first kappa shape index (κ1) is 20.3. The maximum absolute atomic E-state index is 13.6. The summed E-state index contributed by atoms with van der Waals surface area (Å²) in [6.45, 7) is 0.623. The lowest BCUT2D eigenvalue weighted by molar-refractivity contribution is 0.0730. The van der Waals surface area contributed by atoms with Crippen molar-refractivity contribution in [3.63, 3.8) is 0 Å². The van der Waals surface area contributed by atoms with Crippen LogP contribution in [0.1, 0.15) is 33.2 Å². The number of nitrogens with one attached hydrogen (secondary N) is 1. The number of aromatic amines is 1. The Morgan fingerprint density at radius 1 is 1.06 bits per heavy atom. The molecule has 0 saturated heterocycles. The first-order valence-corrected chi connectivity index (χ1v) is 11.5. The highest BCUT2D eigenvalue weighted by Gasteiger charge is 2.42. The molecule has 2 aliphatic rings. The van der Waals surface area contributed by atoms with Gasteiger partial charge >= 0.3 is 0 Å². The van der Waals surface area contributed by atoms with Gasteiger partial charge in [-0.2, -0.15) is 5.10 Å². The van der Waals surface area contributed by atoms with E-state index in [1.165, 1.54) is 0 Å². The molecule has 164 valence electrons.